The molecule has 0 bridgehead atoms. The molecule has 30 nitrogen and oxygen atoms in total. The van der Waals surface area contributed by atoms with Crippen LogP contribution in [0.3, 0.4) is 0 Å². The maximum atomic E-state index is 14.4. The Bertz CT molecular complexity index is 2830. The molecule has 1 saturated heterocycles. The van der Waals surface area contributed by atoms with E-state index in [1.54, 1.807) is 32.0 Å². The number of aliphatic hydroxyl groups excluding tert-OH is 1. The number of sulfonamides is 1. The number of aliphatic hydroxyl groups is 1. The van der Waals surface area contributed by atoms with E-state index in [0.717, 1.165) is 5.69 Å². The SMILES string of the molecule is CC(C)C[C@H](NC(=O)CNC(=O)CNC(=O)[C@@H](NC(=O)[C@H](CCCCN)NC(=O)[C@@H]1CCCN1C(=O)[C@H](CC(C)C)NS(=O)(=O)c1cccc2c(N(C)C)cccc12)[C@@H](C)O)C(=O)N[C@@H](CCCN=C(N)N)C(=O)N[C@@H](CCCN=C(N)N)C(N)=O. The Morgan fingerprint density at radius 2 is 1.17 bits per heavy atom. The fourth-order valence-corrected chi connectivity index (χ4v) is 11.0. The molecule has 1 aliphatic heterocycles. The lowest BCUT2D eigenvalue weighted by Crippen LogP contribution is -2.60. The zero-order valence-corrected chi connectivity index (χ0v) is 51.2. The maximum absolute atomic E-state index is 14.4. The highest BCUT2D eigenvalue weighted by atomic mass is 32.2. The van der Waals surface area contributed by atoms with Gasteiger partial charge in [-0.1, -0.05) is 52.0 Å². The molecule has 1 heterocycles. The second-order valence-corrected chi connectivity index (χ2v) is 23.9. The van der Waals surface area contributed by atoms with E-state index in [2.05, 4.69) is 51.9 Å². The molecule has 2 aromatic carbocycles. The molecule has 31 heteroatoms. The van der Waals surface area contributed by atoms with Crippen molar-refractivity contribution in [2.75, 3.05) is 58.3 Å². The molecule has 0 spiro atoms. The van der Waals surface area contributed by atoms with Crippen LogP contribution in [0.5, 0.6) is 0 Å². The predicted octanol–water partition coefficient (Wildman–Crippen LogP) is -3.61. The van der Waals surface area contributed by atoms with Gasteiger partial charge in [0.25, 0.3) is 0 Å². The molecular formula is C55H92N18O12S. The Kier molecular flexibility index (Phi) is 29.9. The van der Waals surface area contributed by atoms with Crippen LogP contribution in [0.15, 0.2) is 51.3 Å². The van der Waals surface area contributed by atoms with Gasteiger partial charge in [-0.25, -0.2) is 8.42 Å². The summed E-state index contributed by atoms with van der Waals surface area (Å²) >= 11 is 0. The molecule has 480 valence electrons. The number of hydrogen-bond donors (Lipinski definition) is 15. The number of carbonyl (C=O) groups excluding carboxylic acids is 9. The molecule has 0 radical (unpaired) electrons. The number of anilines is 1. The number of guanidine groups is 2. The summed E-state index contributed by atoms with van der Waals surface area (Å²) in [6.45, 7) is 7.64. The van der Waals surface area contributed by atoms with Crippen LogP contribution in [0.4, 0.5) is 5.69 Å². The van der Waals surface area contributed by atoms with E-state index < -0.39 is 125 Å². The van der Waals surface area contributed by atoms with Crippen LogP contribution in [-0.4, -0.2) is 185 Å². The van der Waals surface area contributed by atoms with Gasteiger partial charge in [-0.2, -0.15) is 4.72 Å². The van der Waals surface area contributed by atoms with Crippen LogP contribution in [0.2, 0.25) is 0 Å². The Labute approximate surface area is 502 Å². The van der Waals surface area contributed by atoms with E-state index >= 15 is 0 Å². The fourth-order valence-electron chi connectivity index (χ4n) is 9.58. The predicted molar refractivity (Wildman–Crippen MR) is 325 cm³/mol. The minimum Gasteiger partial charge on any atom is -0.391 e. The van der Waals surface area contributed by atoms with Crippen molar-refractivity contribution in [2.45, 2.75) is 159 Å². The number of nitrogens with one attached hydrogen (secondary N) is 8. The Morgan fingerprint density at radius 3 is 1.76 bits per heavy atom. The molecule has 0 unspecified atom stereocenters. The third kappa shape index (κ3) is 23.9. The number of nitrogens with zero attached hydrogens (tertiary/aromatic N) is 4. The van der Waals surface area contributed by atoms with Gasteiger partial charge in [0.2, 0.25) is 63.2 Å². The first kappa shape index (κ1) is 72.4. The highest BCUT2D eigenvalue weighted by Crippen LogP contribution is 2.31. The average molecular weight is 1230 g/mol. The fraction of sp³-hybridized carbons (Fsp3) is 0.618. The van der Waals surface area contributed by atoms with Crippen LogP contribution in [-0.2, 0) is 53.2 Å². The van der Waals surface area contributed by atoms with E-state index in [-0.39, 0.29) is 106 Å². The first-order chi connectivity index (χ1) is 40.5. The summed E-state index contributed by atoms with van der Waals surface area (Å²) in [6, 6.07) is 1.24. The van der Waals surface area contributed by atoms with E-state index in [9.17, 15) is 56.7 Å². The standard InChI is InChI=1S/C55H92N18O12S/c1-31(2)27-39(50(80)68-38(19-13-25-63-55(60)61)48(78)67-36(47(57)77)18-12-24-62-54(58)59)66-45(76)30-64-44(75)29-65-52(82)46(33(5)74)70-49(79)37(17-8-9-23-56)69-51(81)42-21-14-26-73(42)53(83)40(28-32(3)4)71-86(84,85)43-22-11-15-34-35(43)16-10-20-41(34)72(6)7/h10-11,15-16,20,22,31-33,36-40,42,46,71,74H,8-9,12-14,17-19,21,23-30,56H2,1-7H3,(H2,57,77)(H,64,75)(H,65,82)(H,66,76)(H,67,78)(H,68,80)(H,69,81)(H,70,79)(H4,58,59,62)(H4,60,61,63)/t33-,36+,37+,38+,39+,40+,42+,46+/m1/s1. The van der Waals surface area contributed by atoms with Crippen molar-refractivity contribution in [2.24, 2.45) is 56.2 Å². The van der Waals surface area contributed by atoms with Gasteiger partial charge in [-0.15, -0.1) is 0 Å². The van der Waals surface area contributed by atoms with Crippen LogP contribution in [0.1, 0.15) is 105 Å². The van der Waals surface area contributed by atoms with E-state index in [1.807, 2.05) is 45.0 Å². The topological polar surface area (TPSA) is 492 Å². The molecule has 3 rings (SSSR count). The lowest BCUT2D eigenvalue weighted by atomic mass is 10.0. The first-order valence-electron chi connectivity index (χ1n) is 28.8. The number of nitrogens with two attached hydrogens (primary N) is 6. The number of likely N-dealkylation sites (tertiary alicyclic amines) is 1. The van der Waals surface area contributed by atoms with Crippen molar-refractivity contribution in [3.05, 3.63) is 36.4 Å². The van der Waals surface area contributed by atoms with E-state index in [4.69, 9.17) is 34.4 Å². The summed E-state index contributed by atoms with van der Waals surface area (Å²) in [5.41, 5.74) is 33.7. The molecule has 8 atom stereocenters. The van der Waals surface area contributed by atoms with E-state index in [1.165, 1.54) is 17.9 Å². The zero-order valence-electron chi connectivity index (χ0n) is 50.4. The number of hydrogen-bond acceptors (Lipinski definition) is 16. The molecule has 86 heavy (non-hydrogen) atoms. The van der Waals surface area contributed by atoms with Gasteiger partial charge in [-0.3, -0.25) is 53.1 Å². The van der Waals surface area contributed by atoms with Crippen molar-refractivity contribution < 1.29 is 56.7 Å². The third-order valence-corrected chi connectivity index (χ3v) is 15.4. The van der Waals surface area contributed by atoms with Crippen molar-refractivity contribution in [1.29, 1.82) is 0 Å². The summed E-state index contributed by atoms with van der Waals surface area (Å²) in [6.07, 6.45) is 0.604. The smallest absolute Gasteiger partial charge is 0.245 e. The van der Waals surface area contributed by atoms with Gasteiger partial charge in [0.05, 0.1) is 24.1 Å². The van der Waals surface area contributed by atoms with Crippen LogP contribution >= 0.6 is 0 Å². The number of fused-ring (bicyclic) bond motifs is 1. The lowest BCUT2D eigenvalue weighted by Gasteiger charge is -2.31. The molecular weight excluding hydrogens is 1140 g/mol. The van der Waals surface area contributed by atoms with E-state index in [0.29, 0.717) is 30.0 Å². The van der Waals surface area contributed by atoms with Crippen molar-refractivity contribution >= 4 is 91.6 Å². The molecule has 0 aromatic heterocycles. The Hall–Kier alpha value is -7.90. The van der Waals surface area contributed by atoms with Gasteiger partial charge in [0.1, 0.15) is 42.3 Å². The highest BCUT2D eigenvalue weighted by molar-refractivity contribution is 7.89. The average Bonchev–Trinajstić information content (AvgIpc) is 2.72. The summed E-state index contributed by atoms with van der Waals surface area (Å²) in [5, 5.41) is 29.4. The van der Waals surface area contributed by atoms with Crippen molar-refractivity contribution in [3.8, 4) is 0 Å². The molecule has 1 aliphatic rings. The van der Waals surface area contributed by atoms with Gasteiger partial charge in [0.15, 0.2) is 11.9 Å². The van der Waals surface area contributed by atoms with Gasteiger partial charge in [0, 0.05) is 50.2 Å². The van der Waals surface area contributed by atoms with Gasteiger partial charge in [-0.05, 0) is 108 Å². The number of carbonyl (C=O) groups is 9. The molecule has 21 N–H and O–H groups in total. The Balaban J connectivity index is 1.69. The van der Waals surface area contributed by atoms with Gasteiger partial charge < -0.3 is 86.5 Å². The quantitative estimate of drug-likeness (QED) is 0.0177. The summed E-state index contributed by atoms with van der Waals surface area (Å²) in [7, 11) is -0.627. The number of unbranched alkanes of at least 4 members (excludes halogenated alkanes) is 1. The minimum absolute atomic E-state index is 0.00438. The van der Waals surface area contributed by atoms with Crippen LogP contribution in [0.25, 0.3) is 10.8 Å². The molecule has 1 fully saturated rings. The molecule has 0 aliphatic carbocycles. The normalized spacial score (nSPS) is 15.6. The van der Waals surface area contributed by atoms with Crippen molar-refractivity contribution in [3.63, 3.8) is 0 Å². The summed E-state index contributed by atoms with van der Waals surface area (Å²) in [4.78, 5) is 133. The van der Waals surface area contributed by atoms with Crippen LogP contribution < -0.4 is 81.2 Å². The van der Waals surface area contributed by atoms with Crippen LogP contribution in [0, 0.1) is 11.8 Å². The second-order valence-electron chi connectivity index (χ2n) is 22.3. The van der Waals surface area contributed by atoms with Gasteiger partial charge >= 0.3 is 0 Å². The number of primary amides is 1. The first-order valence-corrected chi connectivity index (χ1v) is 30.3. The summed E-state index contributed by atoms with van der Waals surface area (Å²) < 4.78 is 31.0. The minimum atomic E-state index is -4.31. The second kappa shape index (κ2) is 35.5. The summed E-state index contributed by atoms with van der Waals surface area (Å²) in [5.74, 6) is -8.00. The van der Waals surface area contributed by atoms with Crippen molar-refractivity contribution in [1.82, 2.24) is 46.8 Å². The largest absolute Gasteiger partial charge is 0.391 e. The number of aliphatic imine (C=N–C) groups is 2. The zero-order chi connectivity index (χ0) is 64.4. The molecule has 2 aromatic rings. The lowest BCUT2D eigenvalue weighted by molar-refractivity contribution is -0.141. The number of amides is 9. The Morgan fingerprint density at radius 1 is 0.640 bits per heavy atom. The number of benzene rings is 2. The highest BCUT2D eigenvalue weighted by Gasteiger charge is 2.41. The number of rotatable bonds is 37. The maximum Gasteiger partial charge on any atom is 0.245 e. The monoisotopic (exact) mass is 1230 g/mol. The third-order valence-electron chi connectivity index (χ3n) is 13.8. The molecule has 9 amide bonds. The molecule has 0 saturated carbocycles.